The molecule has 0 spiro atoms. The minimum atomic E-state index is -0.0150. The third-order valence-corrected chi connectivity index (χ3v) is 3.86. The number of hydrogen-bond acceptors (Lipinski definition) is 6. The Morgan fingerprint density at radius 3 is 2.88 bits per heavy atom. The Morgan fingerprint density at radius 2 is 1.94 bits per heavy atom. The number of nitrogens with one attached hydrogen (secondary N) is 1. The Labute approximate surface area is 102 Å². The predicted molar refractivity (Wildman–Crippen MR) is 68.7 cm³/mol. The van der Waals surface area contributed by atoms with Gasteiger partial charge in [0.1, 0.15) is 16.6 Å². The number of H-pyrrole nitrogens is 1. The van der Waals surface area contributed by atoms with E-state index in [4.69, 9.17) is 0 Å². The van der Waals surface area contributed by atoms with E-state index in [1.807, 2.05) is 6.07 Å². The van der Waals surface area contributed by atoms with Crippen LogP contribution < -0.4 is 5.43 Å². The highest BCUT2D eigenvalue weighted by Crippen LogP contribution is 2.30. The number of rotatable bonds is 0. The van der Waals surface area contributed by atoms with Gasteiger partial charge in [0.2, 0.25) is 0 Å². The van der Waals surface area contributed by atoms with E-state index in [1.54, 1.807) is 12.1 Å². The molecular weight excluding hydrogens is 256 g/mol. The minimum Gasteiger partial charge on any atom is -0.293 e. The first-order valence-corrected chi connectivity index (χ1v) is 6.37. The average Bonchev–Trinajstić information content (AvgIpc) is 2.97. The average molecular weight is 260 g/mol. The summed E-state index contributed by atoms with van der Waals surface area (Å²) in [4.78, 5) is 12.0. The molecule has 0 bridgehead atoms. The van der Waals surface area contributed by atoms with E-state index in [0.29, 0.717) is 5.39 Å². The van der Waals surface area contributed by atoms with Crippen molar-refractivity contribution in [2.75, 3.05) is 0 Å². The highest BCUT2D eigenvalue weighted by atomic mass is 32.1. The van der Waals surface area contributed by atoms with Crippen LogP contribution in [0.15, 0.2) is 23.0 Å². The molecule has 0 fully saturated rings. The second-order valence-electron chi connectivity index (χ2n) is 3.65. The van der Waals surface area contributed by atoms with Crippen LogP contribution in [0.2, 0.25) is 0 Å². The number of hydrogen-bond donors (Lipinski definition) is 1. The molecular formula is C10H4N4OS2. The van der Waals surface area contributed by atoms with Crippen LogP contribution in [0.3, 0.4) is 0 Å². The van der Waals surface area contributed by atoms with Crippen LogP contribution in [0, 0.1) is 0 Å². The summed E-state index contributed by atoms with van der Waals surface area (Å²) in [6.45, 7) is 0. The van der Waals surface area contributed by atoms with E-state index in [1.165, 1.54) is 11.7 Å². The van der Waals surface area contributed by atoms with Gasteiger partial charge in [-0.25, -0.2) is 0 Å². The highest BCUT2D eigenvalue weighted by Gasteiger charge is 2.15. The first-order chi connectivity index (χ1) is 8.36. The molecule has 2 heterocycles. The Kier molecular flexibility index (Phi) is 1.67. The first kappa shape index (κ1) is 9.20. The van der Waals surface area contributed by atoms with E-state index in [9.17, 15) is 4.79 Å². The van der Waals surface area contributed by atoms with Crippen molar-refractivity contribution in [3.05, 3.63) is 28.4 Å². The van der Waals surface area contributed by atoms with E-state index in [-0.39, 0.29) is 5.43 Å². The zero-order chi connectivity index (χ0) is 11.4. The van der Waals surface area contributed by atoms with Crippen molar-refractivity contribution in [2.24, 2.45) is 0 Å². The number of nitrogens with zero attached hydrogens (tertiary/aromatic N) is 3. The number of aromatic nitrogens is 4. The molecule has 17 heavy (non-hydrogen) atoms. The summed E-state index contributed by atoms with van der Waals surface area (Å²) in [7, 11) is 0. The van der Waals surface area contributed by atoms with Crippen LogP contribution in [0.25, 0.3) is 32.8 Å². The standard InChI is InChI=1S/C10H4N4OS2/c15-5-3-1-2-4-6(5)8-10(14-17-12-8)9-7(4)11-16-13-9/h1-3,12H. The maximum absolute atomic E-state index is 12.0. The molecule has 4 aromatic rings. The first-order valence-electron chi connectivity index (χ1n) is 4.87. The second-order valence-corrected chi connectivity index (χ2v) is 4.75. The van der Waals surface area contributed by atoms with Crippen molar-refractivity contribution in [3.63, 3.8) is 0 Å². The molecule has 82 valence electrons. The van der Waals surface area contributed by atoms with Crippen molar-refractivity contribution in [2.45, 2.75) is 0 Å². The molecule has 0 aliphatic rings. The maximum atomic E-state index is 12.0. The fourth-order valence-electron chi connectivity index (χ4n) is 2.05. The van der Waals surface area contributed by atoms with E-state index in [2.05, 4.69) is 17.5 Å². The molecule has 0 saturated carbocycles. The predicted octanol–water partition coefficient (Wildman–Crippen LogP) is 2.14. The molecule has 2 aromatic carbocycles. The molecule has 0 atom stereocenters. The van der Waals surface area contributed by atoms with Gasteiger partial charge in [0.15, 0.2) is 5.43 Å². The lowest BCUT2D eigenvalue weighted by Crippen LogP contribution is -1.99. The van der Waals surface area contributed by atoms with Gasteiger partial charge < -0.3 is 0 Å². The summed E-state index contributed by atoms with van der Waals surface area (Å²) in [6, 6.07) is 5.19. The summed E-state index contributed by atoms with van der Waals surface area (Å²) in [6.07, 6.45) is 0. The largest absolute Gasteiger partial charge is 0.293 e. The third kappa shape index (κ3) is 1.07. The van der Waals surface area contributed by atoms with Crippen LogP contribution in [0.4, 0.5) is 0 Å². The zero-order valence-electron chi connectivity index (χ0n) is 8.30. The lowest BCUT2D eigenvalue weighted by Gasteiger charge is -1.98. The summed E-state index contributed by atoms with van der Waals surface area (Å²) < 4.78 is 15.8. The molecule has 0 aliphatic heterocycles. The fourth-order valence-corrected chi connectivity index (χ4v) is 3.21. The SMILES string of the molecule is O=c1cccc2c3nsnc3c3ns[nH]c3c12. The normalized spacial score (nSPS) is 11.8. The molecule has 0 amide bonds. The van der Waals surface area contributed by atoms with Crippen molar-refractivity contribution in [1.82, 2.24) is 17.5 Å². The molecule has 2 aromatic heterocycles. The van der Waals surface area contributed by atoms with Crippen molar-refractivity contribution < 1.29 is 0 Å². The van der Waals surface area contributed by atoms with Crippen molar-refractivity contribution in [3.8, 4) is 0 Å². The molecule has 7 heteroatoms. The van der Waals surface area contributed by atoms with Gasteiger partial charge in [-0.2, -0.15) is 13.1 Å². The van der Waals surface area contributed by atoms with E-state index < -0.39 is 0 Å². The van der Waals surface area contributed by atoms with Gasteiger partial charge >= 0.3 is 0 Å². The van der Waals surface area contributed by atoms with Crippen molar-refractivity contribution in [1.29, 1.82) is 0 Å². The maximum Gasteiger partial charge on any atom is 0.188 e. The van der Waals surface area contributed by atoms with Gasteiger partial charge in [-0.05, 0) is 6.07 Å². The van der Waals surface area contributed by atoms with Crippen LogP contribution >= 0.6 is 23.5 Å². The third-order valence-electron chi connectivity index (χ3n) is 2.77. The van der Waals surface area contributed by atoms with E-state index in [0.717, 1.165) is 39.2 Å². The lowest BCUT2D eigenvalue weighted by molar-refractivity contribution is 1.62. The monoisotopic (exact) mass is 260 g/mol. The lowest BCUT2D eigenvalue weighted by atomic mass is 10.1. The Morgan fingerprint density at radius 1 is 1.06 bits per heavy atom. The number of fused-ring (bicyclic) bond motifs is 6. The molecule has 0 unspecified atom stereocenters. The zero-order valence-corrected chi connectivity index (χ0v) is 9.93. The topological polar surface area (TPSA) is 71.5 Å². The molecule has 1 N–H and O–H groups in total. The van der Waals surface area contributed by atoms with Crippen LogP contribution in [0.1, 0.15) is 0 Å². The van der Waals surface area contributed by atoms with Gasteiger partial charge in [-0.1, -0.05) is 12.1 Å². The summed E-state index contributed by atoms with van der Waals surface area (Å²) in [5, 5.41) is 1.49. The quantitative estimate of drug-likeness (QED) is 0.526. The summed E-state index contributed by atoms with van der Waals surface area (Å²) in [5.74, 6) is 0. The smallest absolute Gasteiger partial charge is 0.188 e. The summed E-state index contributed by atoms with van der Waals surface area (Å²) in [5.41, 5.74) is 3.00. The Balaban J connectivity index is 2.56. The van der Waals surface area contributed by atoms with Crippen LogP contribution in [-0.4, -0.2) is 17.5 Å². The number of aromatic amines is 1. The van der Waals surface area contributed by atoms with Gasteiger partial charge in [0, 0.05) is 17.1 Å². The fraction of sp³-hybridized carbons (Fsp3) is 0. The molecule has 0 saturated heterocycles. The molecule has 5 nitrogen and oxygen atoms in total. The summed E-state index contributed by atoms with van der Waals surface area (Å²) >= 11 is 2.36. The van der Waals surface area contributed by atoms with E-state index >= 15 is 0 Å². The molecule has 0 radical (unpaired) electrons. The molecule has 4 rings (SSSR count). The Hall–Kier alpha value is -1.86. The van der Waals surface area contributed by atoms with Gasteiger partial charge in [0.25, 0.3) is 0 Å². The number of benzene rings is 2. The second kappa shape index (κ2) is 3.08. The highest BCUT2D eigenvalue weighted by molar-refractivity contribution is 7.01. The van der Waals surface area contributed by atoms with Gasteiger partial charge in [0.05, 0.1) is 22.6 Å². The minimum absolute atomic E-state index is 0.0150. The van der Waals surface area contributed by atoms with Crippen molar-refractivity contribution >= 4 is 56.3 Å². The van der Waals surface area contributed by atoms with Crippen LogP contribution in [-0.2, 0) is 0 Å². The van der Waals surface area contributed by atoms with Gasteiger partial charge in [-0.15, -0.1) is 0 Å². The van der Waals surface area contributed by atoms with Gasteiger partial charge in [-0.3, -0.25) is 9.17 Å². The molecule has 0 aliphatic carbocycles. The van der Waals surface area contributed by atoms with Crippen LogP contribution in [0.5, 0.6) is 0 Å². The Bertz CT molecular complexity index is 920.